The number of ketones is 1. The molecule has 2 N–H and O–H groups in total. The highest BCUT2D eigenvalue weighted by Crippen LogP contribution is 2.36. The van der Waals surface area contributed by atoms with E-state index < -0.39 is 0 Å². The average Bonchev–Trinajstić information content (AvgIpc) is 2.87. The second-order valence-corrected chi connectivity index (χ2v) is 7.44. The molecule has 4 nitrogen and oxygen atoms in total. The Morgan fingerprint density at radius 3 is 2.74 bits per heavy atom. The van der Waals surface area contributed by atoms with Crippen molar-refractivity contribution in [3.05, 3.63) is 56.6 Å². The average molecular weight is 369 g/mol. The SMILES string of the molecule is O=C1C=CC2=C(C1)SC(CCNC(=O)c1cc(Cl)cc(Cl)c1)N2. The maximum atomic E-state index is 12.1. The number of benzene rings is 1. The fourth-order valence-corrected chi connectivity index (χ4v) is 4.20. The highest BCUT2D eigenvalue weighted by molar-refractivity contribution is 8.03. The summed E-state index contributed by atoms with van der Waals surface area (Å²) in [7, 11) is 0. The maximum Gasteiger partial charge on any atom is 0.251 e. The van der Waals surface area contributed by atoms with Crippen LogP contribution in [0, 0.1) is 0 Å². The molecule has 3 rings (SSSR count). The molecule has 1 unspecified atom stereocenters. The van der Waals surface area contributed by atoms with Gasteiger partial charge < -0.3 is 10.6 Å². The van der Waals surface area contributed by atoms with E-state index in [2.05, 4.69) is 10.6 Å². The lowest BCUT2D eigenvalue weighted by Crippen LogP contribution is -2.29. The molecule has 1 aliphatic carbocycles. The Kier molecular flexibility index (Phi) is 4.99. The molecule has 7 heteroatoms. The van der Waals surface area contributed by atoms with Gasteiger partial charge in [-0.3, -0.25) is 9.59 Å². The number of allylic oxidation sites excluding steroid dienone is 3. The minimum Gasteiger partial charge on any atom is -0.372 e. The fourth-order valence-electron chi connectivity index (χ4n) is 2.42. The van der Waals surface area contributed by atoms with Crippen LogP contribution in [0.4, 0.5) is 0 Å². The number of halogens is 2. The van der Waals surface area contributed by atoms with Gasteiger partial charge in [0, 0.05) is 39.2 Å². The van der Waals surface area contributed by atoms with Crippen LogP contribution in [0.5, 0.6) is 0 Å². The summed E-state index contributed by atoms with van der Waals surface area (Å²) in [6.07, 6.45) is 4.63. The molecule has 23 heavy (non-hydrogen) atoms. The molecule has 0 aromatic heterocycles. The van der Waals surface area contributed by atoms with Crippen LogP contribution in [0.15, 0.2) is 41.0 Å². The molecule has 120 valence electrons. The van der Waals surface area contributed by atoms with Crippen molar-refractivity contribution >= 4 is 46.7 Å². The van der Waals surface area contributed by atoms with Gasteiger partial charge in [-0.05, 0) is 36.8 Å². The summed E-state index contributed by atoms with van der Waals surface area (Å²) in [6.45, 7) is 0.520. The van der Waals surface area contributed by atoms with Crippen molar-refractivity contribution in [2.45, 2.75) is 18.2 Å². The molecule has 1 aromatic carbocycles. The number of hydrogen-bond acceptors (Lipinski definition) is 4. The summed E-state index contributed by atoms with van der Waals surface area (Å²) in [4.78, 5) is 24.6. The molecule has 1 atom stereocenters. The van der Waals surface area contributed by atoms with Crippen LogP contribution in [0.25, 0.3) is 0 Å². The molecule has 0 saturated carbocycles. The van der Waals surface area contributed by atoms with Crippen molar-refractivity contribution in [3.63, 3.8) is 0 Å². The molecule has 1 heterocycles. The Morgan fingerprint density at radius 2 is 2.00 bits per heavy atom. The number of amides is 1. The molecular weight excluding hydrogens is 355 g/mol. The van der Waals surface area contributed by atoms with Gasteiger partial charge in [-0.15, -0.1) is 11.8 Å². The number of thioether (sulfide) groups is 1. The van der Waals surface area contributed by atoms with Gasteiger partial charge in [-0.2, -0.15) is 0 Å². The van der Waals surface area contributed by atoms with Gasteiger partial charge in [0.2, 0.25) is 0 Å². The summed E-state index contributed by atoms with van der Waals surface area (Å²) in [5.74, 6) is -0.0740. The molecule has 1 amide bonds. The van der Waals surface area contributed by atoms with Gasteiger partial charge in [0.25, 0.3) is 5.91 Å². The lowest BCUT2D eigenvalue weighted by molar-refractivity contribution is -0.114. The highest BCUT2D eigenvalue weighted by Gasteiger charge is 2.26. The molecule has 0 fully saturated rings. The molecule has 0 spiro atoms. The van der Waals surface area contributed by atoms with Crippen molar-refractivity contribution < 1.29 is 9.59 Å². The lowest BCUT2D eigenvalue weighted by atomic mass is 10.1. The topological polar surface area (TPSA) is 58.2 Å². The zero-order valence-electron chi connectivity index (χ0n) is 12.1. The van der Waals surface area contributed by atoms with E-state index in [0.717, 1.165) is 17.0 Å². The smallest absolute Gasteiger partial charge is 0.251 e. The van der Waals surface area contributed by atoms with Gasteiger partial charge in [0.05, 0.1) is 5.37 Å². The summed E-state index contributed by atoms with van der Waals surface area (Å²) in [5, 5.41) is 7.25. The summed E-state index contributed by atoms with van der Waals surface area (Å²) < 4.78 is 0. The predicted molar refractivity (Wildman–Crippen MR) is 93.7 cm³/mol. The Labute approximate surface area is 148 Å². The van der Waals surface area contributed by atoms with E-state index in [0.29, 0.717) is 28.6 Å². The number of nitrogens with one attached hydrogen (secondary N) is 2. The molecule has 1 aromatic rings. The first-order chi connectivity index (χ1) is 11.0. The largest absolute Gasteiger partial charge is 0.372 e. The highest BCUT2D eigenvalue weighted by atomic mass is 35.5. The minimum atomic E-state index is -0.204. The van der Waals surface area contributed by atoms with Crippen LogP contribution in [0.2, 0.25) is 10.0 Å². The van der Waals surface area contributed by atoms with E-state index >= 15 is 0 Å². The third-order valence-corrected chi connectivity index (χ3v) is 5.21. The van der Waals surface area contributed by atoms with Crippen LogP contribution in [0.3, 0.4) is 0 Å². The van der Waals surface area contributed by atoms with Crippen LogP contribution in [-0.4, -0.2) is 23.6 Å². The van der Waals surface area contributed by atoms with E-state index in [1.165, 1.54) is 0 Å². The first-order valence-electron chi connectivity index (χ1n) is 7.13. The van der Waals surface area contributed by atoms with Crippen LogP contribution in [-0.2, 0) is 4.79 Å². The molecule has 0 saturated heterocycles. The second kappa shape index (κ2) is 6.99. The summed E-state index contributed by atoms with van der Waals surface area (Å²) in [6, 6.07) is 4.76. The summed E-state index contributed by atoms with van der Waals surface area (Å²) >= 11 is 13.4. The van der Waals surface area contributed by atoms with Gasteiger partial charge in [0.15, 0.2) is 5.78 Å². The van der Waals surface area contributed by atoms with Gasteiger partial charge in [-0.1, -0.05) is 23.2 Å². The third kappa shape index (κ3) is 4.10. The Bertz CT molecular complexity index is 711. The van der Waals surface area contributed by atoms with Crippen molar-refractivity contribution in [2.75, 3.05) is 6.54 Å². The van der Waals surface area contributed by atoms with Crippen molar-refractivity contribution in [1.29, 1.82) is 0 Å². The van der Waals surface area contributed by atoms with Crippen molar-refractivity contribution in [1.82, 2.24) is 10.6 Å². The first kappa shape index (κ1) is 16.4. The predicted octanol–water partition coefficient (Wildman–Crippen LogP) is 3.52. The fraction of sp³-hybridized carbons (Fsp3) is 0.250. The van der Waals surface area contributed by atoms with E-state index in [9.17, 15) is 9.59 Å². The quantitative estimate of drug-likeness (QED) is 0.853. The Morgan fingerprint density at radius 1 is 1.26 bits per heavy atom. The second-order valence-electron chi connectivity index (χ2n) is 5.27. The number of hydrogen-bond donors (Lipinski definition) is 2. The van der Waals surface area contributed by atoms with Crippen molar-refractivity contribution in [2.24, 2.45) is 0 Å². The van der Waals surface area contributed by atoms with Gasteiger partial charge in [-0.25, -0.2) is 0 Å². The van der Waals surface area contributed by atoms with Crippen molar-refractivity contribution in [3.8, 4) is 0 Å². The van der Waals surface area contributed by atoms with Crippen LogP contribution >= 0.6 is 35.0 Å². The van der Waals surface area contributed by atoms with E-state index in [4.69, 9.17) is 23.2 Å². The number of rotatable bonds is 4. The normalized spacial score (nSPS) is 19.6. The molecular formula is C16H14Cl2N2O2S. The zero-order chi connectivity index (χ0) is 16.4. The first-order valence-corrected chi connectivity index (χ1v) is 8.76. The van der Waals surface area contributed by atoms with Gasteiger partial charge in [0.1, 0.15) is 0 Å². The summed E-state index contributed by atoms with van der Waals surface area (Å²) in [5.41, 5.74) is 1.47. The van der Waals surface area contributed by atoms with Crippen LogP contribution in [0.1, 0.15) is 23.2 Å². The number of carbonyl (C=O) groups is 2. The molecule has 0 bridgehead atoms. The standard InChI is InChI=1S/C16H14Cl2N2O2S/c17-10-5-9(6-11(18)7-10)16(22)19-4-3-15-20-13-2-1-12(21)8-14(13)23-15/h1-2,5-7,15,20H,3-4,8H2,(H,19,22). The van der Waals surface area contributed by atoms with Gasteiger partial charge >= 0.3 is 0 Å². The minimum absolute atomic E-state index is 0.129. The van der Waals surface area contributed by atoms with Crippen LogP contribution < -0.4 is 10.6 Å². The van der Waals surface area contributed by atoms with E-state index in [1.807, 2.05) is 6.08 Å². The monoisotopic (exact) mass is 368 g/mol. The number of carbonyl (C=O) groups excluding carboxylic acids is 2. The zero-order valence-corrected chi connectivity index (χ0v) is 14.4. The molecule has 2 aliphatic rings. The molecule has 0 radical (unpaired) electrons. The Hall–Kier alpha value is -1.43. The Balaban J connectivity index is 1.48. The lowest BCUT2D eigenvalue weighted by Gasteiger charge is -2.12. The van der Waals surface area contributed by atoms with E-state index in [1.54, 1.807) is 36.0 Å². The third-order valence-electron chi connectivity index (χ3n) is 3.49. The molecule has 1 aliphatic heterocycles. The van der Waals surface area contributed by atoms with E-state index in [-0.39, 0.29) is 17.1 Å². The maximum absolute atomic E-state index is 12.1.